The number of carbonyl (C=O) groups is 2. The lowest BCUT2D eigenvalue weighted by atomic mass is 9.83. The van der Waals surface area contributed by atoms with Crippen LogP contribution in [-0.2, 0) is 28.5 Å². The van der Waals surface area contributed by atoms with Gasteiger partial charge in [0, 0.05) is 24.2 Å². The molecule has 10 nitrogen and oxygen atoms in total. The Balaban J connectivity index is 1.81. The molecule has 0 aromatic carbocycles. The SMILES string of the molecule is COC(=O)C1=CO[C@H](O[C@@H]2O[C@H](CO)[C@@H](O)[C@H](O)[C@H]2O)[C@H]2[C@@H]1CC(=O)[C@@H]2C. The number of aliphatic hydroxyl groups is 4. The molecule has 1 saturated carbocycles. The van der Waals surface area contributed by atoms with Crippen molar-refractivity contribution in [2.75, 3.05) is 13.7 Å². The first-order valence-corrected chi connectivity index (χ1v) is 8.72. The number of rotatable bonds is 4. The molecule has 10 heteroatoms. The summed E-state index contributed by atoms with van der Waals surface area (Å²) in [6.45, 7) is 1.10. The smallest absolute Gasteiger partial charge is 0.337 e. The van der Waals surface area contributed by atoms with Gasteiger partial charge in [0.2, 0.25) is 6.29 Å². The number of hydrogen-bond donors (Lipinski definition) is 4. The van der Waals surface area contributed by atoms with Gasteiger partial charge < -0.3 is 39.4 Å². The summed E-state index contributed by atoms with van der Waals surface area (Å²) < 4.78 is 21.2. The number of carbonyl (C=O) groups excluding carboxylic acids is 2. The molecule has 0 spiro atoms. The van der Waals surface area contributed by atoms with Gasteiger partial charge in [-0.3, -0.25) is 4.79 Å². The normalized spacial score (nSPS) is 44.3. The molecule has 1 saturated heterocycles. The summed E-state index contributed by atoms with van der Waals surface area (Å²) in [5, 5.41) is 39.1. The summed E-state index contributed by atoms with van der Waals surface area (Å²) in [7, 11) is 1.23. The Hall–Kier alpha value is -1.56. The lowest BCUT2D eigenvalue weighted by Crippen LogP contribution is -2.60. The van der Waals surface area contributed by atoms with Gasteiger partial charge in [-0.2, -0.15) is 0 Å². The highest BCUT2D eigenvalue weighted by Crippen LogP contribution is 2.45. The van der Waals surface area contributed by atoms with E-state index in [4.69, 9.17) is 18.9 Å². The van der Waals surface area contributed by atoms with Gasteiger partial charge in [0.25, 0.3) is 0 Å². The molecule has 0 radical (unpaired) electrons. The Morgan fingerprint density at radius 2 is 1.93 bits per heavy atom. The van der Waals surface area contributed by atoms with E-state index in [0.717, 1.165) is 0 Å². The van der Waals surface area contributed by atoms with Crippen LogP contribution in [0.5, 0.6) is 0 Å². The second kappa shape index (κ2) is 7.82. The fourth-order valence-corrected chi connectivity index (χ4v) is 3.92. The molecule has 2 fully saturated rings. The van der Waals surface area contributed by atoms with Gasteiger partial charge in [0.15, 0.2) is 6.29 Å². The maximum absolute atomic E-state index is 12.2. The van der Waals surface area contributed by atoms with Crippen molar-refractivity contribution < 1.29 is 49.0 Å². The van der Waals surface area contributed by atoms with Crippen LogP contribution in [0, 0.1) is 17.8 Å². The minimum atomic E-state index is -1.59. The van der Waals surface area contributed by atoms with Gasteiger partial charge >= 0.3 is 5.97 Å². The average Bonchev–Trinajstić information content (AvgIpc) is 2.96. The van der Waals surface area contributed by atoms with E-state index < -0.39 is 67.3 Å². The summed E-state index contributed by atoms with van der Waals surface area (Å²) >= 11 is 0. The second-order valence-electron chi connectivity index (χ2n) is 7.05. The van der Waals surface area contributed by atoms with Crippen LogP contribution in [0.2, 0.25) is 0 Å². The Morgan fingerprint density at radius 1 is 1.22 bits per heavy atom. The summed E-state index contributed by atoms with van der Waals surface area (Å²) in [6, 6.07) is 0. The Bertz CT molecular complexity index is 617. The van der Waals surface area contributed by atoms with E-state index in [0.29, 0.717) is 0 Å². The van der Waals surface area contributed by atoms with Crippen molar-refractivity contribution in [3.05, 3.63) is 11.8 Å². The molecule has 9 atom stereocenters. The quantitative estimate of drug-likeness (QED) is 0.400. The van der Waals surface area contributed by atoms with Crippen LogP contribution in [0.15, 0.2) is 11.8 Å². The molecule has 0 aromatic heterocycles. The predicted octanol–water partition coefficient (Wildman–Crippen LogP) is -1.94. The summed E-state index contributed by atoms with van der Waals surface area (Å²) in [5.74, 6) is -2.13. The number of esters is 1. The van der Waals surface area contributed by atoms with Gasteiger partial charge in [0.05, 0.1) is 25.6 Å². The minimum Gasteiger partial charge on any atom is -0.472 e. The van der Waals surface area contributed by atoms with Crippen LogP contribution in [-0.4, -0.2) is 82.9 Å². The van der Waals surface area contributed by atoms with Gasteiger partial charge in [-0.1, -0.05) is 6.92 Å². The van der Waals surface area contributed by atoms with E-state index in [-0.39, 0.29) is 17.8 Å². The van der Waals surface area contributed by atoms with E-state index in [1.54, 1.807) is 6.92 Å². The Labute approximate surface area is 155 Å². The highest BCUT2D eigenvalue weighted by Gasteiger charge is 2.53. The first-order chi connectivity index (χ1) is 12.8. The van der Waals surface area contributed by atoms with Gasteiger partial charge in [0.1, 0.15) is 30.2 Å². The molecular formula is C17H24O10. The average molecular weight is 388 g/mol. The second-order valence-corrected chi connectivity index (χ2v) is 7.05. The molecule has 3 rings (SSSR count). The number of Topliss-reactive ketones (excluding diaryl/α,β-unsaturated/α-hetero) is 1. The molecule has 4 N–H and O–H groups in total. The monoisotopic (exact) mass is 388 g/mol. The van der Waals surface area contributed by atoms with E-state index in [1.807, 2.05) is 0 Å². The Kier molecular flexibility index (Phi) is 5.84. The van der Waals surface area contributed by atoms with Crippen molar-refractivity contribution in [1.82, 2.24) is 0 Å². The molecule has 3 aliphatic rings. The number of methoxy groups -OCH3 is 1. The first kappa shape index (κ1) is 20.2. The van der Waals surface area contributed by atoms with Gasteiger partial charge in [-0.25, -0.2) is 4.79 Å². The van der Waals surface area contributed by atoms with E-state index in [2.05, 4.69) is 0 Å². The molecular weight excluding hydrogens is 364 g/mol. The number of ketones is 1. The molecule has 1 aliphatic carbocycles. The molecule has 0 unspecified atom stereocenters. The zero-order chi connectivity index (χ0) is 19.9. The molecule has 2 aliphatic heterocycles. The molecule has 152 valence electrons. The largest absolute Gasteiger partial charge is 0.472 e. The van der Waals surface area contributed by atoms with Crippen molar-refractivity contribution in [3.8, 4) is 0 Å². The molecule has 0 aromatic rings. The zero-order valence-electron chi connectivity index (χ0n) is 14.9. The van der Waals surface area contributed by atoms with E-state index in [9.17, 15) is 30.0 Å². The van der Waals surface area contributed by atoms with Crippen LogP contribution in [0.25, 0.3) is 0 Å². The van der Waals surface area contributed by atoms with Crippen molar-refractivity contribution in [3.63, 3.8) is 0 Å². The first-order valence-electron chi connectivity index (χ1n) is 8.72. The summed E-state index contributed by atoms with van der Waals surface area (Å²) in [6.07, 6.45) is -6.96. The van der Waals surface area contributed by atoms with Crippen molar-refractivity contribution in [2.45, 2.75) is 50.3 Å². The third-order valence-corrected chi connectivity index (χ3v) is 5.55. The predicted molar refractivity (Wildman–Crippen MR) is 85.6 cm³/mol. The van der Waals surface area contributed by atoms with Crippen LogP contribution >= 0.6 is 0 Å². The lowest BCUT2D eigenvalue weighted by Gasteiger charge is -2.42. The zero-order valence-corrected chi connectivity index (χ0v) is 14.9. The van der Waals surface area contributed by atoms with Gasteiger partial charge in [-0.05, 0) is 0 Å². The molecule has 0 bridgehead atoms. The number of ether oxygens (including phenoxy) is 4. The Morgan fingerprint density at radius 3 is 2.56 bits per heavy atom. The van der Waals surface area contributed by atoms with Crippen LogP contribution < -0.4 is 0 Å². The molecule has 27 heavy (non-hydrogen) atoms. The van der Waals surface area contributed by atoms with E-state index in [1.165, 1.54) is 13.4 Å². The van der Waals surface area contributed by atoms with Crippen molar-refractivity contribution in [1.29, 1.82) is 0 Å². The summed E-state index contributed by atoms with van der Waals surface area (Å²) in [4.78, 5) is 24.2. The number of aliphatic hydroxyl groups excluding tert-OH is 4. The maximum atomic E-state index is 12.2. The number of fused-ring (bicyclic) bond motifs is 1. The van der Waals surface area contributed by atoms with Crippen LogP contribution in [0.4, 0.5) is 0 Å². The van der Waals surface area contributed by atoms with Gasteiger partial charge in [-0.15, -0.1) is 0 Å². The third-order valence-electron chi connectivity index (χ3n) is 5.55. The van der Waals surface area contributed by atoms with Crippen LogP contribution in [0.1, 0.15) is 13.3 Å². The fourth-order valence-electron chi connectivity index (χ4n) is 3.92. The topological polar surface area (TPSA) is 152 Å². The molecule has 0 amide bonds. The van der Waals surface area contributed by atoms with Crippen molar-refractivity contribution in [2.24, 2.45) is 17.8 Å². The standard InChI is InChI=1S/C17H24O10/c1-6-9(19)3-7-8(15(23)24-2)5-25-16(11(6)7)27-17-14(22)13(21)12(20)10(4-18)26-17/h5-7,10-14,16-18,20-22H,3-4H2,1-2H3/t6-,7+,10+,11+,12+,13-,14+,16+,17-/m0/s1. The minimum absolute atomic E-state index is 0.0623. The lowest BCUT2D eigenvalue weighted by molar-refractivity contribution is -0.342. The summed E-state index contributed by atoms with van der Waals surface area (Å²) in [5.41, 5.74) is 0.230. The molecule has 2 heterocycles. The highest BCUT2D eigenvalue weighted by molar-refractivity contribution is 5.92. The third kappa shape index (κ3) is 3.48. The van der Waals surface area contributed by atoms with Crippen molar-refractivity contribution >= 4 is 11.8 Å². The fraction of sp³-hybridized carbons (Fsp3) is 0.765. The van der Waals surface area contributed by atoms with E-state index >= 15 is 0 Å². The highest BCUT2D eigenvalue weighted by atomic mass is 16.8. The van der Waals surface area contributed by atoms with Crippen LogP contribution in [0.3, 0.4) is 0 Å². The number of hydrogen-bond acceptors (Lipinski definition) is 10. The maximum Gasteiger partial charge on any atom is 0.337 e.